The smallest absolute Gasteiger partial charge is 0.257 e. The number of aryl methyl sites for hydroxylation is 2. The zero-order valence-corrected chi connectivity index (χ0v) is 15.8. The van der Waals surface area contributed by atoms with Crippen molar-refractivity contribution >= 4 is 44.8 Å². The number of rotatable bonds is 6. The Kier molecular flexibility index (Phi) is 5.64. The number of nitrogens with zero attached hydrogens (tertiary/aromatic N) is 4. The molecular weight excluding hydrogens is 372 g/mol. The van der Waals surface area contributed by atoms with Gasteiger partial charge in [0.25, 0.3) is 11.8 Å². The van der Waals surface area contributed by atoms with E-state index < -0.39 is 0 Å². The fourth-order valence-electron chi connectivity index (χ4n) is 2.01. The van der Waals surface area contributed by atoms with Gasteiger partial charge in [0, 0.05) is 11.1 Å². The van der Waals surface area contributed by atoms with Crippen LogP contribution in [0, 0.1) is 0 Å². The predicted octanol–water partition coefficient (Wildman–Crippen LogP) is 3.02. The molecule has 2 N–H and O–H groups in total. The highest BCUT2D eigenvalue weighted by Gasteiger charge is 2.13. The van der Waals surface area contributed by atoms with Gasteiger partial charge in [-0.1, -0.05) is 36.5 Å². The summed E-state index contributed by atoms with van der Waals surface area (Å²) < 4.78 is 0. The lowest BCUT2D eigenvalue weighted by Gasteiger charge is -2.04. The van der Waals surface area contributed by atoms with Gasteiger partial charge >= 0.3 is 0 Å². The van der Waals surface area contributed by atoms with Crippen LogP contribution in [-0.4, -0.2) is 32.2 Å². The molecular formula is C16H16N6O2S2. The van der Waals surface area contributed by atoms with Crippen molar-refractivity contribution in [1.29, 1.82) is 0 Å². The van der Waals surface area contributed by atoms with Gasteiger partial charge in [0.05, 0.1) is 0 Å². The van der Waals surface area contributed by atoms with Crippen molar-refractivity contribution in [3.8, 4) is 0 Å². The molecule has 0 aliphatic heterocycles. The molecule has 3 rings (SSSR count). The summed E-state index contributed by atoms with van der Waals surface area (Å²) in [6, 6.07) is 6.35. The summed E-state index contributed by atoms with van der Waals surface area (Å²) >= 11 is 2.68. The fourth-order valence-corrected chi connectivity index (χ4v) is 3.35. The standard InChI is InChI=1S/C16H16N6O2S2/c1-3-11-19-21-15(25-11)17-13(23)9-5-7-10(8-6-9)14(24)18-16-22-20-12(4-2)26-16/h5-8H,3-4H2,1-2H3,(H,17,21,23)(H,18,22,24). The molecule has 2 heterocycles. The van der Waals surface area contributed by atoms with Crippen LogP contribution in [0.4, 0.5) is 10.3 Å². The molecule has 26 heavy (non-hydrogen) atoms. The van der Waals surface area contributed by atoms with Gasteiger partial charge in [-0.2, -0.15) is 0 Å². The molecule has 10 heteroatoms. The number of anilines is 2. The third kappa shape index (κ3) is 4.27. The largest absolute Gasteiger partial charge is 0.296 e. The number of nitrogens with one attached hydrogen (secondary N) is 2. The van der Waals surface area contributed by atoms with Gasteiger partial charge in [-0.15, -0.1) is 20.4 Å². The summed E-state index contributed by atoms with van der Waals surface area (Å²) in [5.41, 5.74) is 0.859. The Labute approximate surface area is 157 Å². The monoisotopic (exact) mass is 388 g/mol. The summed E-state index contributed by atoms with van der Waals surface area (Å²) in [6.07, 6.45) is 1.54. The first-order valence-electron chi connectivity index (χ1n) is 7.96. The second-order valence-corrected chi connectivity index (χ2v) is 7.32. The van der Waals surface area contributed by atoms with Crippen LogP contribution in [0.15, 0.2) is 24.3 Å². The van der Waals surface area contributed by atoms with Gasteiger partial charge in [-0.05, 0) is 37.1 Å². The van der Waals surface area contributed by atoms with E-state index in [2.05, 4.69) is 31.0 Å². The van der Waals surface area contributed by atoms with E-state index in [1.54, 1.807) is 24.3 Å². The topological polar surface area (TPSA) is 110 Å². The predicted molar refractivity (Wildman–Crippen MR) is 101 cm³/mol. The van der Waals surface area contributed by atoms with Crippen LogP contribution in [0.25, 0.3) is 0 Å². The van der Waals surface area contributed by atoms with Crippen molar-refractivity contribution in [3.05, 3.63) is 45.4 Å². The second kappa shape index (κ2) is 8.11. The van der Waals surface area contributed by atoms with Crippen molar-refractivity contribution in [2.45, 2.75) is 26.7 Å². The van der Waals surface area contributed by atoms with Crippen LogP contribution >= 0.6 is 22.7 Å². The quantitative estimate of drug-likeness (QED) is 0.672. The van der Waals surface area contributed by atoms with Gasteiger partial charge < -0.3 is 0 Å². The van der Waals surface area contributed by atoms with Crippen molar-refractivity contribution in [1.82, 2.24) is 20.4 Å². The molecule has 2 aromatic heterocycles. The molecule has 0 atom stereocenters. The highest BCUT2D eigenvalue weighted by atomic mass is 32.1. The molecule has 0 radical (unpaired) electrons. The van der Waals surface area contributed by atoms with E-state index in [4.69, 9.17) is 0 Å². The number of aromatic nitrogens is 4. The van der Waals surface area contributed by atoms with E-state index in [0.29, 0.717) is 21.4 Å². The molecule has 0 spiro atoms. The highest BCUT2D eigenvalue weighted by Crippen LogP contribution is 2.18. The van der Waals surface area contributed by atoms with Crippen LogP contribution < -0.4 is 10.6 Å². The normalized spacial score (nSPS) is 10.5. The highest BCUT2D eigenvalue weighted by molar-refractivity contribution is 7.15. The molecule has 1 aromatic carbocycles. The Hall–Kier alpha value is -2.72. The molecule has 0 saturated heterocycles. The SMILES string of the molecule is CCc1nnc(NC(=O)c2ccc(C(=O)Nc3nnc(CC)s3)cc2)s1. The molecule has 0 fully saturated rings. The molecule has 0 aliphatic rings. The Morgan fingerprint density at radius 2 is 1.15 bits per heavy atom. The van der Waals surface area contributed by atoms with Crippen LogP contribution in [0.2, 0.25) is 0 Å². The molecule has 0 bridgehead atoms. The van der Waals surface area contributed by atoms with E-state index in [0.717, 1.165) is 22.9 Å². The lowest BCUT2D eigenvalue weighted by atomic mass is 10.1. The van der Waals surface area contributed by atoms with Crippen molar-refractivity contribution in [3.63, 3.8) is 0 Å². The second-order valence-electron chi connectivity index (χ2n) is 5.19. The molecule has 134 valence electrons. The summed E-state index contributed by atoms with van der Waals surface area (Å²) in [6.45, 7) is 3.95. The maximum Gasteiger partial charge on any atom is 0.257 e. The average molecular weight is 388 g/mol. The number of carbonyl (C=O) groups excluding carboxylic acids is 2. The maximum absolute atomic E-state index is 12.2. The lowest BCUT2D eigenvalue weighted by Crippen LogP contribution is -2.14. The molecule has 0 saturated carbocycles. The lowest BCUT2D eigenvalue weighted by molar-refractivity contribution is 0.101. The Balaban J connectivity index is 1.63. The van der Waals surface area contributed by atoms with Crippen molar-refractivity contribution in [2.24, 2.45) is 0 Å². The van der Waals surface area contributed by atoms with Gasteiger partial charge in [0.15, 0.2) is 0 Å². The summed E-state index contributed by atoms with van der Waals surface area (Å²) in [5.74, 6) is -0.597. The van der Waals surface area contributed by atoms with E-state index in [1.807, 2.05) is 13.8 Å². The van der Waals surface area contributed by atoms with E-state index in [9.17, 15) is 9.59 Å². The summed E-state index contributed by atoms with van der Waals surface area (Å²) in [5, 5.41) is 23.8. The number of carbonyl (C=O) groups is 2. The van der Waals surface area contributed by atoms with Crippen molar-refractivity contribution in [2.75, 3.05) is 10.6 Å². The van der Waals surface area contributed by atoms with Gasteiger partial charge in [-0.25, -0.2) is 0 Å². The third-order valence-corrected chi connectivity index (χ3v) is 5.35. The van der Waals surface area contributed by atoms with E-state index >= 15 is 0 Å². The van der Waals surface area contributed by atoms with Gasteiger partial charge in [0.2, 0.25) is 10.3 Å². The molecule has 0 aliphatic carbocycles. The van der Waals surface area contributed by atoms with E-state index in [-0.39, 0.29) is 11.8 Å². The van der Waals surface area contributed by atoms with Crippen LogP contribution in [0.1, 0.15) is 44.6 Å². The Morgan fingerprint density at radius 3 is 1.46 bits per heavy atom. The molecule has 3 aromatic rings. The summed E-state index contributed by atoms with van der Waals surface area (Å²) in [4.78, 5) is 24.5. The number of hydrogen-bond donors (Lipinski definition) is 2. The first-order valence-corrected chi connectivity index (χ1v) is 9.59. The molecule has 2 amide bonds. The average Bonchev–Trinajstić information content (AvgIpc) is 3.30. The molecule has 0 unspecified atom stereocenters. The Bertz CT molecular complexity index is 844. The zero-order chi connectivity index (χ0) is 18.5. The minimum Gasteiger partial charge on any atom is -0.296 e. The maximum atomic E-state index is 12.2. The molecule has 8 nitrogen and oxygen atoms in total. The first-order chi connectivity index (χ1) is 12.6. The van der Waals surface area contributed by atoms with Crippen LogP contribution in [0.5, 0.6) is 0 Å². The van der Waals surface area contributed by atoms with Gasteiger partial charge in [0.1, 0.15) is 10.0 Å². The number of benzene rings is 1. The minimum atomic E-state index is -0.299. The first kappa shape index (κ1) is 18.1. The van der Waals surface area contributed by atoms with E-state index in [1.165, 1.54) is 22.7 Å². The third-order valence-electron chi connectivity index (χ3n) is 3.39. The van der Waals surface area contributed by atoms with Crippen LogP contribution in [-0.2, 0) is 12.8 Å². The number of hydrogen-bond acceptors (Lipinski definition) is 8. The zero-order valence-electron chi connectivity index (χ0n) is 14.1. The van der Waals surface area contributed by atoms with Crippen molar-refractivity contribution < 1.29 is 9.59 Å². The number of amides is 2. The Morgan fingerprint density at radius 1 is 0.769 bits per heavy atom. The summed E-state index contributed by atoms with van der Waals surface area (Å²) in [7, 11) is 0. The fraction of sp³-hybridized carbons (Fsp3) is 0.250. The van der Waals surface area contributed by atoms with Gasteiger partial charge in [-0.3, -0.25) is 20.2 Å². The minimum absolute atomic E-state index is 0.299. The van der Waals surface area contributed by atoms with Crippen LogP contribution in [0.3, 0.4) is 0 Å².